The minimum absolute atomic E-state index is 0.161. The van der Waals surface area contributed by atoms with Crippen LogP contribution in [0.4, 0.5) is 17.6 Å². The number of aromatic amines is 1. The van der Waals surface area contributed by atoms with Gasteiger partial charge in [-0.25, -0.2) is 9.37 Å². The van der Waals surface area contributed by atoms with E-state index in [1.165, 1.54) is 43.9 Å². The average Bonchev–Trinajstić information content (AvgIpc) is 3.42. The van der Waals surface area contributed by atoms with Crippen molar-refractivity contribution in [1.82, 2.24) is 29.9 Å². The van der Waals surface area contributed by atoms with Gasteiger partial charge in [-0.1, -0.05) is 0 Å². The van der Waals surface area contributed by atoms with Crippen LogP contribution in [0.1, 0.15) is 5.69 Å². The Labute approximate surface area is 185 Å². The van der Waals surface area contributed by atoms with Gasteiger partial charge in [0.05, 0.1) is 24.3 Å². The molecule has 0 bridgehead atoms. The standard InChI is InChI=1S/C21H18F4N6O2/c1-31-11-27-18(19(31)14-4-3-13(22)10-16(14)33-8-7-32-2)15-9-12(5-6-26-15)17-20(21(23,24)25)29-30-28-17/h3-6,9-11H,7-8H2,1-2H3,(H,28,29,30). The largest absolute Gasteiger partial charge is 0.490 e. The molecule has 12 heteroatoms. The Hall–Kier alpha value is -3.80. The molecule has 33 heavy (non-hydrogen) atoms. The normalized spacial score (nSPS) is 11.7. The topological polar surface area (TPSA) is 90.7 Å². The molecule has 3 aromatic heterocycles. The minimum Gasteiger partial charge on any atom is -0.490 e. The van der Waals surface area contributed by atoms with E-state index in [4.69, 9.17) is 9.47 Å². The molecule has 0 saturated heterocycles. The van der Waals surface area contributed by atoms with Gasteiger partial charge in [0.2, 0.25) is 0 Å². The summed E-state index contributed by atoms with van der Waals surface area (Å²) >= 11 is 0. The number of hydrogen-bond donors (Lipinski definition) is 1. The number of aryl methyl sites for hydroxylation is 1. The van der Waals surface area contributed by atoms with Crippen molar-refractivity contribution in [2.75, 3.05) is 20.3 Å². The number of H-pyrrole nitrogens is 1. The number of rotatable bonds is 7. The molecule has 4 rings (SSSR count). The molecular weight excluding hydrogens is 444 g/mol. The number of benzene rings is 1. The van der Waals surface area contributed by atoms with E-state index in [0.29, 0.717) is 29.3 Å². The Balaban J connectivity index is 1.80. The van der Waals surface area contributed by atoms with Crippen LogP contribution in [0.2, 0.25) is 0 Å². The van der Waals surface area contributed by atoms with Crippen molar-refractivity contribution in [3.63, 3.8) is 0 Å². The molecule has 1 aromatic carbocycles. The molecule has 0 spiro atoms. The number of halogens is 4. The van der Waals surface area contributed by atoms with Gasteiger partial charge in [-0.05, 0) is 24.3 Å². The van der Waals surface area contributed by atoms with Crippen LogP contribution in [0.5, 0.6) is 5.75 Å². The molecule has 0 saturated carbocycles. The smallest absolute Gasteiger partial charge is 0.437 e. The third-order valence-electron chi connectivity index (χ3n) is 4.77. The summed E-state index contributed by atoms with van der Waals surface area (Å²) in [6, 6.07) is 6.91. The van der Waals surface area contributed by atoms with E-state index in [1.807, 2.05) is 5.21 Å². The second-order valence-corrected chi connectivity index (χ2v) is 6.98. The van der Waals surface area contributed by atoms with Crippen molar-refractivity contribution >= 4 is 0 Å². The first-order chi connectivity index (χ1) is 15.8. The molecular formula is C21H18F4N6O2. The number of ether oxygens (including phenoxy) is 2. The van der Waals surface area contributed by atoms with E-state index in [2.05, 4.69) is 20.2 Å². The number of nitrogens with one attached hydrogen (secondary N) is 1. The second-order valence-electron chi connectivity index (χ2n) is 6.98. The highest BCUT2D eigenvalue weighted by molar-refractivity contribution is 5.82. The summed E-state index contributed by atoms with van der Waals surface area (Å²) in [5, 5.41) is 8.90. The molecule has 0 amide bonds. The van der Waals surface area contributed by atoms with Gasteiger partial charge in [-0.15, -0.1) is 0 Å². The summed E-state index contributed by atoms with van der Waals surface area (Å²) in [5.74, 6) is -0.218. The number of nitrogens with zero attached hydrogens (tertiary/aromatic N) is 5. The van der Waals surface area contributed by atoms with E-state index in [1.54, 1.807) is 17.7 Å². The molecule has 172 valence electrons. The maximum atomic E-state index is 13.9. The van der Waals surface area contributed by atoms with Gasteiger partial charge < -0.3 is 14.0 Å². The SMILES string of the molecule is COCCOc1cc(F)ccc1-c1c(-c2cc(-c3n[nH]nc3C(F)(F)F)ccn2)ncn1C. The molecule has 0 unspecified atom stereocenters. The maximum absolute atomic E-state index is 13.9. The van der Waals surface area contributed by atoms with Gasteiger partial charge in [0.15, 0.2) is 5.69 Å². The first-order valence-corrected chi connectivity index (χ1v) is 9.67. The lowest BCUT2D eigenvalue weighted by atomic mass is 10.0. The van der Waals surface area contributed by atoms with E-state index < -0.39 is 17.7 Å². The molecule has 3 heterocycles. The van der Waals surface area contributed by atoms with Crippen molar-refractivity contribution in [2.24, 2.45) is 7.05 Å². The molecule has 0 atom stereocenters. The zero-order valence-electron chi connectivity index (χ0n) is 17.5. The third kappa shape index (κ3) is 4.55. The van der Waals surface area contributed by atoms with Crippen LogP contribution in [0.15, 0.2) is 42.9 Å². The molecule has 0 fully saturated rings. The molecule has 4 aromatic rings. The zero-order chi connectivity index (χ0) is 23.6. The molecule has 0 aliphatic carbocycles. The van der Waals surface area contributed by atoms with Crippen molar-refractivity contribution in [3.8, 4) is 39.7 Å². The Morgan fingerprint density at radius 1 is 1.03 bits per heavy atom. The fourth-order valence-corrected chi connectivity index (χ4v) is 3.32. The fourth-order valence-electron chi connectivity index (χ4n) is 3.32. The van der Waals surface area contributed by atoms with Crippen LogP contribution in [0.3, 0.4) is 0 Å². The van der Waals surface area contributed by atoms with E-state index in [0.717, 1.165) is 0 Å². The Bertz CT molecular complexity index is 1270. The highest BCUT2D eigenvalue weighted by Gasteiger charge is 2.38. The summed E-state index contributed by atoms with van der Waals surface area (Å²) in [7, 11) is 3.25. The van der Waals surface area contributed by atoms with Gasteiger partial charge in [-0.2, -0.15) is 28.6 Å². The number of alkyl halides is 3. The number of aromatic nitrogens is 6. The van der Waals surface area contributed by atoms with Gasteiger partial charge >= 0.3 is 6.18 Å². The van der Waals surface area contributed by atoms with E-state index in [9.17, 15) is 17.6 Å². The first kappa shape index (κ1) is 22.4. The molecule has 0 radical (unpaired) electrons. The maximum Gasteiger partial charge on any atom is 0.437 e. The lowest BCUT2D eigenvalue weighted by molar-refractivity contribution is -0.140. The Kier molecular flexibility index (Phi) is 6.09. The second kappa shape index (κ2) is 8.98. The molecule has 0 aliphatic heterocycles. The van der Waals surface area contributed by atoms with Gasteiger partial charge in [0, 0.05) is 37.5 Å². The monoisotopic (exact) mass is 462 g/mol. The van der Waals surface area contributed by atoms with Crippen molar-refractivity contribution in [2.45, 2.75) is 6.18 Å². The number of methoxy groups -OCH3 is 1. The van der Waals surface area contributed by atoms with Crippen LogP contribution >= 0.6 is 0 Å². The number of hydrogen-bond acceptors (Lipinski definition) is 6. The van der Waals surface area contributed by atoms with Crippen molar-refractivity contribution in [1.29, 1.82) is 0 Å². The minimum atomic E-state index is -4.68. The van der Waals surface area contributed by atoms with Crippen molar-refractivity contribution < 1.29 is 27.0 Å². The van der Waals surface area contributed by atoms with Crippen LogP contribution in [-0.4, -0.2) is 50.3 Å². The predicted molar refractivity (Wildman–Crippen MR) is 110 cm³/mol. The van der Waals surface area contributed by atoms with Crippen LogP contribution in [0, 0.1) is 5.82 Å². The van der Waals surface area contributed by atoms with Crippen LogP contribution in [-0.2, 0) is 18.0 Å². The van der Waals surface area contributed by atoms with Gasteiger partial charge in [-0.3, -0.25) is 4.98 Å². The van der Waals surface area contributed by atoms with Crippen LogP contribution in [0.25, 0.3) is 33.9 Å². The van der Waals surface area contributed by atoms with Crippen molar-refractivity contribution in [3.05, 3.63) is 54.4 Å². The summed E-state index contributed by atoms with van der Waals surface area (Å²) in [6.45, 7) is 0.497. The summed E-state index contributed by atoms with van der Waals surface area (Å²) < 4.78 is 66.1. The summed E-state index contributed by atoms with van der Waals surface area (Å²) in [6.07, 6.45) is -1.79. The molecule has 8 nitrogen and oxygen atoms in total. The Morgan fingerprint density at radius 2 is 1.85 bits per heavy atom. The van der Waals surface area contributed by atoms with E-state index >= 15 is 0 Å². The Morgan fingerprint density at radius 3 is 2.61 bits per heavy atom. The quantitative estimate of drug-likeness (QED) is 0.328. The molecule has 0 aliphatic rings. The van der Waals surface area contributed by atoms with E-state index in [-0.39, 0.29) is 23.6 Å². The van der Waals surface area contributed by atoms with Gasteiger partial charge in [0.25, 0.3) is 0 Å². The lowest BCUT2D eigenvalue weighted by Crippen LogP contribution is -2.07. The zero-order valence-corrected chi connectivity index (χ0v) is 17.5. The summed E-state index contributed by atoms with van der Waals surface area (Å²) in [5.41, 5.74) is 0.428. The highest BCUT2D eigenvalue weighted by atomic mass is 19.4. The first-order valence-electron chi connectivity index (χ1n) is 9.67. The van der Waals surface area contributed by atoms with Crippen LogP contribution < -0.4 is 4.74 Å². The lowest BCUT2D eigenvalue weighted by Gasteiger charge is -2.14. The average molecular weight is 462 g/mol. The third-order valence-corrected chi connectivity index (χ3v) is 4.77. The predicted octanol–water partition coefficient (Wildman–Crippen LogP) is 4.12. The number of pyridine rings is 1. The highest BCUT2D eigenvalue weighted by Crippen LogP contribution is 2.38. The number of imidazole rings is 1. The molecule has 1 N–H and O–H groups in total. The van der Waals surface area contributed by atoms with Gasteiger partial charge in [0.1, 0.15) is 29.6 Å². The fraction of sp³-hybridized carbons (Fsp3) is 0.238. The summed E-state index contributed by atoms with van der Waals surface area (Å²) in [4.78, 5) is 8.66.